The molecule has 0 saturated carbocycles. The van der Waals surface area contributed by atoms with E-state index in [2.05, 4.69) is 12.6 Å². The largest absolute Gasteiger partial charge is 0.480 e. The van der Waals surface area contributed by atoms with Gasteiger partial charge in [0.15, 0.2) is 6.29 Å². The monoisotopic (exact) mass is 285 g/mol. The molecule has 0 bridgehead atoms. The molecule has 0 aromatic rings. The number of rotatable bonds is 6. The van der Waals surface area contributed by atoms with Gasteiger partial charge in [-0.2, -0.15) is 12.6 Å². The zero-order valence-electron chi connectivity index (χ0n) is 9.75. The summed E-state index contributed by atoms with van der Waals surface area (Å²) in [6.07, 6.45) is -5.88. The maximum atomic E-state index is 9.87. The minimum Gasteiger partial charge on any atom is -0.480 e. The van der Waals surface area contributed by atoms with Crippen LogP contribution in [-0.2, 0) is 9.59 Å². The summed E-state index contributed by atoms with van der Waals surface area (Å²) in [6.45, 7) is 1.24. The second kappa shape index (κ2) is 10.2. The van der Waals surface area contributed by atoms with Crippen LogP contribution in [0.2, 0.25) is 0 Å². The number of carbonyl (C=O) groups excluding carboxylic acids is 1. The van der Waals surface area contributed by atoms with E-state index in [1.807, 2.05) is 0 Å². The first kappa shape index (κ1) is 19.6. The minimum atomic E-state index is -1.65. The van der Waals surface area contributed by atoms with Crippen LogP contribution in [0.5, 0.6) is 0 Å². The number of hydrogen-bond donors (Lipinski definition) is 7. The van der Waals surface area contributed by atoms with Gasteiger partial charge in [-0.05, 0) is 6.92 Å². The van der Waals surface area contributed by atoms with Crippen molar-refractivity contribution in [2.24, 2.45) is 5.73 Å². The first-order valence-corrected chi connectivity index (χ1v) is 5.59. The van der Waals surface area contributed by atoms with Crippen LogP contribution in [0, 0.1) is 0 Å². The van der Waals surface area contributed by atoms with Crippen LogP contribution in [-0.4, -0.2) is 74.0 Å². The summed E-state index contributed by atoms with van der Waals surface area (Å²) in [5.41, 5.74) is 4.94. The van der Waals surface area contributed by atoms with E-state index in [0.29, 0.717) is 0 Å². The van der Waals surface area contributed by atoms with Gasteiger partial charge in [0.05, 0.1) is 6.10 Å². The predicted molar refractivity (Wildman–Crippen MR) is 65.2 cm³/mol. The van der Waals surface area contributed by atoms with E-state index in [1.165, 1.54) is 6.92 Å². The van der Waals surface area contributed by atoms with E-state index >= 15 is 0 Å². The zero-order chi connectivity index (χ0) is 14.9. The van der Waals surface area contributed by atoms with Crippen molar-refractivity contribution in [3.05, 3.63) is 0 Å². The number of nitrogens with two attached hydrogens (primary N) is 1. The topological polar surface area (TPSA) is 161 Å². The summed E-state index contributed by atoms with van der Waals surface area (Å²) < 4.78 is 0. The lowest BCUT2D eigenvalue weighted by Gasteiger charge is -2.21. The average molecular weight is 285 g/mol. The third-order valence-corrected chi connectivity index (χ3v) is 2.24. The van der Waals surface area contributed by atoms with Gasteiger partial charge in [0.1, 0.15) is 24.4 Å². The molecule has 18 heavy (non-hydrogen) atoms. The highest BCUT2D eigenvalue weighted by Gasteiger charge is 2.27. The number of hydrogen-bond acceptors (Lipinski definition) is 8. The molecule has 0 heterocycles. The fourth-order valence-corrected chi connectivity index (χ4v) is 0.802. The number of aliphatic hydroxyl groups excluding tert-OH is 4. The predicted octanol–water partition coefficient (Wildman–Crippen LogP) is -3.02. The van der Waals surface area contributed by atoms with Crippen LogP contribution in [0.25, 0.3) is 0 Å². The van der Waals surface area contributed by atoms with Crippen LogP contribution in [0.3, 0.4) is 0 Å². The number of thiol groups is 1. The third-order valence-electron chi connectivity index (χ3n) is 1.85. The van der Waals surface area contributed by atoms with Gasteiger partial charge in [-0.25, -0.2) is 0 Å². The Morgan fingerprint density at radius 2 is 1.72 bits per heavy atom. The van der Waals surface area contributed by atoms with Crippen molar-refractivity contribution in [1.29, 1.82) is 0 Å². The van der Waals surface area contributed by atoms with Gasteiger partial charge in [-0.15, -0.1) is 0 Å². The van der Waals surface area contributed by atoms with Crippen molar-refractivity contribution in [2.75, 3.05) is 5.75 Å². The Balaban J connectivity index is 0. The SMILES string of the molecule is C[C@H](O)[C@@H](O)[C@@H](O)[C@H](O)C=O.N[C@@H](CS)C(=O)O. The molecule has 108 valence electrons. The lowest BCUT2D eigenvalue weighted by atomic mass is 10.1. The van der Waals surface area contributed by atoms with Crippen molar-refractivity contribution in [3.63, 3.8) is 0 Å². The fourth-order valence-electron chi connectivity index (χ4n) is 0.646. The molecule has 0 amide bonds. The quantitative estimate of drug-likeness (QED) is 0.200. The van der Waals surface area contributed by atoms with Crippen molar-refractivity contribution >= 4 is 24.9 Å². The maximum Gasteiger partial charge on any atom is 0.321 e. The molecular weight excluding hydrogens is 266 g/mol. The highest BCUT2D eigenvalue weighted by atomic mass is 32.1. The molecule has 0 aliphatic carbocycles. The Morgan fingerprint density at radius 3 is 1.89 bits per heavy atom. The van der Waals surface area contributed by atoms with E-state index in [1.54, 1.807) is 0 Å². The molecule has 0 fully saturated rings. The zero-order valence-corrected chi connectivity index (χ0v) is 10.6. The number of aliphatic carboxylic acids is 1. The lowest BCUT2D eigenvalue weighted by Crippen LogP contribution is -2.43. The van der Waals surface area contributed by atoms with E-state index < -0.39 is 36.4 Å². The maximum absolute atomic E-state index is 9.87. The lowest BCUT2D eigenvalue weighted by molar-refractivity contribution is -0.138. The van der Waals surface area contributed by atoms with E-state index in [-0.39, 0.29) is 12.0 Å². The van der Waals surface area contributed by atoms with Gasteiger partial charge in [0.2, 0.25) is 0 Å². The fraction of sp³-hybridized carbons (Fsp3) is 0.778. The molecule has 0 radical (unpaired) electrons. The van der Waals surface area contributed by atoms with Crippen LogP contribution in [0.4, 0.5) is 0 Å². The molecule has 0 aliphatic heterocycles. The second-order valence-corrected chi connectivity index (χ2v) is 3.84. The highest BCUT2D eigenvalue weighted by Crippen LogP contribution is 2.02. The van der Waals surface area contributed by atoms with Gasteiger partial charge < -0.3 is 36.1 Å². The van der Waals surface area contributed by atoms with Crippen LogP contribution < -0.4 is 5.73 Å². The Labute approximate surface area is 109 Å². The highest BCUT2D eigenvalue weighted by molar-refractivity contribution is 7.80. The second-order valence-electron chi connectivity index (χ2n) is 3.48. The Hall–Kier alpha value is -0.710. The molecule has 0 spiro atoms. The summed E-state index contributed by atoms with van der Waals surface area (Å²) in [6, 6.07) is -0.816. The van der Waals surface area contributed by atoms with Crippen LogP contribution in [0.1, 0.15) is 6.92 Å². The van der Waals surface area contributed by atoms with Crippen molar-refractivity contribution < 1.29 is 35.1 Å². The molecule has 0 saturated heterocycles. The summed E-state index contributed by atoms with van der Waals surface area (Å²) >= 11 is 3.65. The van der Waals surface area contributed by atoms with E-state index in [0.717, 1.165) is 0 Å². The van der Waals surface area contributed by atoms with E-state index in [4.69, 9.17) is 31.3 Å². The average Bonchev–Trinajstić information content (AvgIpc) is 2.35. The molecular formula is C9H19NO7S. The first-order chi connectivity index (χ1) is 8.18. The summed E-state index contributed by atoms with van der Waals surface area (Å²) in [5, 5.41) is 43.1. The molecule has 0 aliphatic rings. The third kappa shape index (κ3) is 8.39. The molecule has 0 aromatic carbocycles. The Bertz CT molecular complexity index is 251. The number of carbonyl (C=O) groups is 2. The number of carboxylic acids is 1. The van der Waals surface area contributed by atoms with Gasteiger partial charge in [-0.3, -0.25) is 4.79 Å². The normalized spacial score (nSPS) is 18.6. The summed E-state index contributed by atoms with van der Waals surface area (Å²) in [7, 11) is 0. The number of carboxylic acid groups (broad SMARTS) is 1. The molecule has 0 aromatic heterocycles. The van der Waals surface area contributed by atoms with Crippen LogP contribution in [0.15, 0.2) is 0 Å². The molecule has 5 atom stereocenters. The van der Waals surface area contributed by atoms with Crippen molar-refractivity contribution in [1.82, 2.24) is 0 Å². The van der Waals surface area contributed by atoms with Crippen molar-refractivity contribution in [2.45, 2.75) is 37.4 Å². The van der Waals surface area contributed by atoms with Gasteiger partial charge in [-0.1, -0.05) is 0 Å². The summed E-state index contributed by atoms with van der Waals surface area (Å²) in [4.78, 5) is 19.6. The van der Waals surface area contributed by atoms with Gasteiger partial charge in [0, 0.05) is 5.75 Å². The molecule has 7 N–H and O–H groups in total. The number of aldehydes is 1. The molecule has 0 rings (SSSR count). The number of aliphatic hydroxyl groups is 4. The van der Waals surface area contributed by atoms with Crippen molar-refractivity contribution in [3.8, 4) is 0 Å². The Morgan fingerprint density at radius 1 is 1.28 bits per heavy atom. The standard InChI is InChI=1S/C6H12O5.C3H7NO2S/c1-3(8)5(10)6(11)4(9)2-7;4-2(1-7)3(5)6/h2-6,8-11H,1H3;2,7H,1,4H2,(H,5,6)/t3-,4+,5+,6-;2-/m00/s1. The van der Waals surface area contributed by atoms with Gasteiger partial charge >= 0.3 is 5.97 Å². The molecule has 8 nitrogen and oxygen atoms in total. The van der Waals surface area contributed by atoms with E-state index in [9.17, 15) is 9.59 Å². The summed E-state index contributed by atoms with van der Waals surface area (Å²) in [5.74, 6) is -0.815. The minimum absolute atomic E-state index is 0.0935. The van der Waals surface area contributed by atoms with Gasteiger partial charge in [0.25, 0.3) is 0 Å². The molecule has 0 unspecified atom stereocenters. The van der Waals surface area contributed by atoms with Crippen LogP contribution >= 0.6 is 12.6 Å². The Kier molecular flexibility index (Phi) is 11.2. The first-order valence-electron chi connectivity index (χ1n) is 4.95. The molecule has 9 heteroatoms. The smallest absolute Gasteiger partial charge is 0.321 e.